The van der Waals surface area contributed by atoms with E-state index in [1.54, 1.807) is 6.92 Å². The summed E-state index contributed by atoms with van der Waals surface area (Å²) in [5, 5.41) is 0. The predicted molar refractivity (Wildman–Crippen MR) is 39.1 cm³/mol. The van der Waals surface area contributed by atoms with E-state index in [0.29, 0.717) is 6.61 Å². The van der Waals surface area contributed by atoms with E-state index in [0.717, 1.165) is 0 Å². The molecule has 0 amide bonds. The van der Waals surface area contributed by atoms with Crippen LogP contribution in [0.25, 0.3) is 0 Å². The van der Waals surface area contributed by atoms with Crippen LogP contribution in [0.1, 0.15) is 20.3 Å². The van der Waals surface area contributed by atoms with Crippen molar-refractivity contribution in [2.24, 2.45) is 0 Å². The van der Waals surface area contributed by atoms with Gasteiger partial charge >= 0.3 is 24.8 Å². The molecule has 0 fully saturated rings. The second-order valence-corrected chi connectivity index (χ2v) is 1.68. The van der Waals surface area contributed by atoms with Gasteiger partial charge in [-0.2, -0.15) is 0 Å². The number of esters is 1. The van der Waals surface area contributed by atoms with Gasteiger partial charge in [0.05, 0.1) is 6.61 Å². The van der Waals surface area contributed by atoms with Crippen LogP contribution < -0.4 is 0 Å². The number of ether oxygens (including phenoxy) is 1. The van der Waals surface area contributed by atoms with Crippen LogP contribution in [0.5, 0.6) is 0 Å². The van der Waals surface area contributed by atoms with Crippen molar-refractivity contribution < 1.29 is 14.3 Å². The summed E-state index contributed by atoms with van der Waals surface area (Å²) < 4.78 is 4.49. The Hall–Kier alpha value is -0.263. The Morgan fingerprint density at radius 2 is 1.90 bits per heavy atom. The first-order valence-electron chi connectivity index (χ1n) is 2.82. The molecule has 0 rings (SSSR count). The number of Topliss-reactive ketones (excluding diaryl/α,β-unsaturated/α-hetero) is 1. The average Bonchev–Trinajstić information content (AvgIpc) is 1.63. The van der Waals surface area contributed by atoms with Gasteiger partial charge in [0.2, 0.25) is 0 Å². The monoisotopic (exact) mass is 138 g/mol. The van der Waals surface area contributed by atoms with Crippen LogP contribution in [0.3, 0.4) is 0 Å². The molecule has 0 aromatic heterocycles. The van der Waals surface area contributed by atoms with Crippen LogP contribution in [0.4, 0.5) is 0 Å². The Morgan fingerprint density at radius 3 is 2.20 bits per heavy atom. The Labute approximate surface area is 72.3 Å². The van der Waals surface area contributed by atoms with Crippen LogP contribution in [-0.2, 0) is 14.3 Å². The summed E-state index contributed by atoms with van der Waals surface area (Å²) in [7, 11) is 0. The van der Waals surface area contributed by atoms with Crippen molar-refractivity contribution in [3.05, 3.63) is 0 Å². The molecule has 0 spiro atoms. The molecule has 0 aromatic rings. The molecule has 3 nitrogen and oxygen atoms in total. The van der Waals surface area contributed by atoms with E-state index in [1.807, 2.05) is 0 Å². The van der Waals surface area contributed by atoms with Gasteiger partial charge in [-0.3, -0.25) is 9.59 Å². The molecule has 0 aliphatic heterocycles. The zero-order chi connectivity index (χ0) is 7.28. The van der Waals surface area contributed by atoms with Crippen molar-refractivity contribution in [2.45, 2.75) is 20.3 Å². The third-order valence-corrected chi connectivity index (χ3v) is 0.699. The molecule has 0 aliphatic carbocycles. The zero-order valence-corrected chi connectivity index (χ0v) is 5.64. The van der Waals surface area contributed by atoms with Crippen molar-refractivity contribution in [1.29, 1.82) is 0 Å². The zero-order valence-electron chi connectivity index (χ0n) is 5.64. The first-order chi connectivity index (χ1) is 4.16. The predicted octanol–water partition coefficient (Wildman–Crippen LogP) is -0.120. The average molecular weight is 138 g/mol. The maximum atomic E-state index is 10.4. The molecule has 0 radical (unpaired) electrons. The Morgan fingerprint density at radius 1 is 1.40 bits per heavy atom. The Balaban J connectivity index is 0. The summed E-state index contributed by atoms with van der Waals surface area (Å²) in [6, 6.07) is 0. The minimum atomic E-state index is -0.440. The molecule has 0 aromatic carbocycles. The van der Waals surface area contributed by atoms with Crippen LogP contribution in [0.15, 0.2) is 0 Å². The molecule has 54 valence electrons. The van der Waals surface area contributed by atoms with Gasteiger partial charge in [-0.05, 0) is 13.8 Å². The summed E-state index contributed by atoms with van der Waals surface area (Å²) in [5.41, 5.74) is 0. The third-order valence-electron chi connectivity index (χ3n) is 0.699. The molecular weight excluding hydrogens is 127 g/mol. The summed E-state index contributed by atoms with van der Waals surface area (Å²) in [6.45, 7) is 3.40. The quantitative estimate of drug-likeness (QED) is 0.310. The van der Waals surface area contributed by atoms with Gasteiger partial charge in [0, 0.05) is 0 Å². The van der Waals surface area contributed by atoms with Crippen LogP contribution in [0, 0.1) is 0 Å². The number of ketones is 1. The molecule has 0 N–H and O–H groups in total. The van der Waals surface area contributed by atoms with Crippen LogP contribution >= 0.6 is 0 Å². The van der Waals surface area contributed by atoms with Gasteiger partial charge in [0.25, 0.3) is 0 Å². The molecule has 0 heterocycles. The standard InChI is InChI=1S/C6H10O3.Li.H/c1-3-9-6(8)4-5(2)7;;/h3-4H2,1-2H3;;. The molecule has 0 saturated carbocycles. The summed E-state index contributed by atoms with van der Waals surface area (Å²) >= 11 is 0. The third kappa shape index (κ3) is 7.74. The van der Waals surface area contributed by atoms with Gasteiger partial charge < -0.3 is 4.74 Å². The van der Waals surface area contributed by atoms with Crippen molar-refractivity contribution in [2.75, 3.05) is 6.61 Å². The second-order valence-electron chi connectivity index (χ2n) is 1.68. The fraction of sp³-hybridized carbons (Fsp3) is 0.667. The fourth-order valence-corrected chi connectivity index (χ4v) is 0.415. The number of rotatable bonds is 3. The topological polar surface area (TPSA) is 43.4 Å². The van der Waals surface area contributed by atoms with E-state index >= 15 is 0 Å². The first-order valence-corrected chi connectivity index (χ1v) is 2.82. The summed E-state index contributed by atoms with van der Waals surface area (Å²) in [5.74, 6) is -0.599. The van der Waals surface area contributed by atoms with Gasteiger partial charge in [0.1, 0.15) is 12.2 Å². The second kappa shape index (κ2) is 6.85. The van der Waals surface area contributed by atoms with Crippen molar-refractivity contribution >= 4 is 30.6 Å². The van der Waals surface area contributed by atoms with Crippen molar-refractivity contribution in [1.82, 2.24) is 0 Å². The molecular formula is C6H11LiO3. The molecule has 0 bridgehead atoms. The first kappa shape index (κ1) is 12.4. The van der Waals surface area contributed by atoms with E-state index in [2.05, 4.69) is 4.74 Å². The van der Waals surface area contributed by atoms with Crippen molar-refractivity contribution in [3.8, 4) is 0 Å². The van der Waals surface area contributed by atoms with E-state index in [-0.39, 0.29) is 31.1 Å². The fourth-order valence-electron chi connectivity index (χ4n) is 0.415. The molecule has 0 saturated heterocycles. The van der Waals surface area contributed by atoms with Gasteiger partial charge in [-0.1, -0.05) is 0 Å². The molecule has 10 heavy (non-hydrogen) atoms. The normalized spacial score (nSPS) is 7.80. The Kier molecular flexibility index (Phi) is 8.51. The van der Waals surface area contributed by atoms with E-state index in [9.17, 15) is 9.59 Å². The van der Waals surface area contributed by atoms with E-state index in [1.165, 1.54) is 6.92 Å². The number of carbonyl (C=O) groups is 2. The molecule has 4 heteroatoms. The number of carbonyl (C=O) groups excluding carboxylic acids is 2. The van der Waals surface area contributed by atoms with E-state index < -0.39 is 5.97 Å². The summed E-state index contributed by atoms with van der Waals surface area (Å²) in [4.78, 5) is 20.6. The SMILES string of the molecule is CCOC(=O)CC(C)=O.[LiH]. The molecule has 0 atom stereocenters. The van der Waals surface area contributed by atoms with Crippen LogP contribution in [-0.4, -0.2) is 37.2 Å². The van der Waals surface area contributed by atoms with Crippen molar-refractivity contribution in [3.63, 3.8) is 0 Å². The Bertz CT molecular complexity index is 122. The van der Waals surface area contributed by atoms with Gasteiger partial charge in [0.15, 0.2) is 0 Å². The molecule has 0 aliphatic rings. The number of hydrogen-bond donors (Lipinski definition) is 0. The van der Waals surface area contributed by atoms with Gasteiger partial charge in [-0.25, -0.2) is 0 Å². The van der Waals surface area contributed by atoms with E-state index in [4.69, 9.17) is 0 Å². The van der Waals surface area contributed by atoms with Crippen LogP contribution in [0.2, 0.25) is 0 Å². The van der Waals surface area contributed by atoms with Gasteiger partial charge in [-0.15, -0.1) is 0 Å². The maximum absolute atomic E-state index is 10.4. The number of hydrogen-bond acceptors (Lipinski definition) is 3. The molecule has 0 unspecified atom stereocenters. The summed E-state index contributed by atoms with van der Waals surface area (Å²) in [6.07, 6.45) is -0.103. The minimum absolute atomic E-state index is 0.